The summed E-state index contributed by atoms with van der Waals surface area (Å²) in [6.45, 7) is 1.89. The molecule has 0 saturated carbocycles. The van der Waals surface area contributed by atoms with Gasteiger partial charge in [-0.1, -0.05) is 66.2 Å². The van der Waals surface area contributed by atoms with Crippen molar-refractivity contribution >= 4 is 31.7 Å². The van der Waals surface area contributed by atoms with Crippen LogP contribution in [0, 0.1) is 6.92 Å². The average molecular weight is 480 g/mol. The summed E-state index contributed by atoms with van der Waals surface area (Å²) in [5, 5.41) is 2.43. The normalized spacial score (nSPS) is 12.5. The first kappa shape index (κ1) is 22.2. The third-order valence-electron chi connectivity index (χ3n) is 5.99. The Labute approximate surface area is 195 Å². The van der Waals surface area contributed by atoms with Crippen molar-refractivity contribution in [2.75, 3.05) is 0 Å². The lowest BCUT2D eigenvalue weighted by atomic mass is 10.0. The van der Waals surface area contributed by atoms with Crippen molar-refractivity contribution < 1.29 is 21.6 Å². The molecule has 0 aliphatic heterocycles. The van der Waals surface area contributed by atoms with E-state index in [2.05, 4.69) is 0 Å². The summed E-state index contributed by atoms with van der Waals surface area (Å²) in [6, 6.07) is 23.0. The van der Waals surface area contributed by atoms with Gasteiger partial charge in [-0.25, -0.2) is 12.4 Å². The molecule has 0 radical (unpaired) electrons. The maximum Gasteiger partial charge on any atom is 0.416 e. The van der Waals surface area contributed by atoms with Crippen LogP contribution in [-0.4, -0.2) is 12.4 Å². The van der Waals surface area contributed by atoms with Crippen molar-refractivity contribution in [3.63, 3.8) is 0 Å². The van der Waals surface area contributed by atoms with E-state index in [1.54, 1.807) is 30.5 Å². The van der Waals surface area contributed by atoms with Crippen LogP contribution in [0.15, 0.2) is 96.0 Å². The van der Waals surface area contributed by atoms with Crippen molar-refractivity contribution in [1.29, 1.82) is 0 Å². The first-order valence-corrected chi connectivity index (χ1v) is 12.1. The fraction of sp³-hybridized carbons (Fsp3) is 0.111. The Morgan fingerprint density at radius 3 is 2.15 bits per heavy atom. The highest BCUT2D eigenvalue weighted by Crippen LogP contribution is 2.34. The monoisotopic (exact) mass is 479 g/mol. The zero-order chi connectivity index (χ0) is 24.1. The van der Waals surface area contributed by atoms with Crippen LogP contribution in [0.25, 0.3) is 21.7 Å². The Bertz CT molecular complexity index is 1620. The number of aryl methyl sites for hydroxylation is 1. The number of alkyl halides is 3. The highest BCUT2D eigenvalue weighted by atomic mass is 32.2. The molecule has 0 bridgehead atoms. The van der Waals surface area contributed by atoms with Crippen LogP contribution in [0.2, 0.25) is 0 Å². The molecule has 1 aromatic heterocycles. The predicted molar refractivity (Wildman–Crippen MR) is 127 cm³/mol. The molecule has 172 valence electrons. The van der Waals surface area contributed by atoms with Crippen molar-refractivity contribution in [3.8, 4) is 0 Å². The molecule has 0 atom stereocenters. The lowest BCUT2D eigenvalue weighted by Gasteiger charge is -2.10. The Kier molecular flexibility index (Phi) is 5.24. The molecule has 3 nitrogen and oxygen atoms in total. The molecule has 7 heteroatoms. The molecule has 0 spiro atoms. The van der Waals surface area contributed by atoms with Crippen LogP contribution in [-0.2, 0) is 22.6 Å². The summed E-state index contributed by atoms with van der Waals surface area (Å²) in [4.78, 5) is 0.170. The second kappa shape index (κ2) is 8.02. The standard InChI is InChI=1S/C27H20F3NO2S/c1-18-6-13-23(14-7-18)34(32,33)31-17-21(16-19-8-11-22(12-9-19)27(28,29)30)25-15-10-20-4-2-3-5-24(20)26(25)31/h2-15,17H,16H2,1H3. The Balaban J connectivity index is 1.70. The minimum atomic E-state index is -4.41. The minimum Gasteiger partial charge on any atom is -0.240 e. The van der Waals surface area contributed by atoms with Crippen LogP contribution in [0.3, 0.4) is 0 Å². The van der Waals surface area contributed by atoms with Gasteiger partial charge in [-0.15, -0.1) is 0 Å². The maximum absolute atomic E-state index is 13.7. The maximum atomic E-state index is 13.7. The molecule has 5 rings (SSSR count). The van der Waals surface area contributed by atoms with E-state index in [1.807, 2.05) is 43.3 Å². The van der Waals surface area contributed by atoms with Gasteiger partial charge in [-0.05, 0) is 54.1 Å². The summed E-state index contributed by atoms with van der Waals surface area (Å²) in [5.74, 6) is 0. The zero-order valence-electron chi connectivity index (χ0n) is 18.2. The number of rotatable bonds is 4. The second-order valence-corrected chi connectivity index (χ2v) is 10.1. The topological polar surface area (TPSA) is 39.1 Å². The van der Waals surface area contributed by atoms with Crippen molar-refractivity contribution in [2.24, 2.45) is 0 Å². The van der Waals surface area contributed by atoms with Gasteiger partial charge in [-0.2, -0.15) is 13.2 Å². The second-order valence-electron chi connectivity index (χ2n) is 8.32. The molecule has 0 saturated heterocycles. The zero-order valence-corrected chi connectivity index (χ0v) is 19.0. The number of halogens is 3. The van der Waals surface area contributed by atoms with Gasteiger partial charge >= 0.3 is 6.18 Å². The smallest absolute Gasteiger partial charge is 0.240 e. The molecule has 5 aromatic rings. The number of hydrogen-bond acceptors (Lipinski definition) is 2. The highest BCUT2D eigenvalue weighted by Gasteiger charge is 2.30. The van der Waals surface area contributed by atoms with Crippen LogP contribution < -0.4 is 0 Å². The van der Waals surface area contributed by atoms with Gasteiger partial charge < -0.3 is 0 Å². The first-order valence-electron chi connectivity index (χ1n) is 10.6. The molecule has 34 heavy (non-hydrogen) atoms. The molecular formula is C27H20F3NO2S. The first-order chi connectivity index (χ1) is 16.1. The van der Waals surface area contributed by atoms with E-state index >= 15 is 0 Å². The number of hydrogen-bond donors (Lipinski definition) is 0. The van der Waals surface area contributed by atoms with Crippen molar-refractivity contribution in [2.45, 2.75) is 24.4 Å². The lowest BCUT2D eigenvalue weighted by molar-refractivity contribution is -0.137. The third-order valence-corrected chi connectivity index (χ3v) is 7.67. The highest BCUT2D eigenvalue weighted by molar-refractivity contribution is 7.90. The van der Waals surface area contributed by atoms with Gasteiger partial charge in [0.25, 0.3) is 10.0 Å². The summed E-state index contributed by atoms with van der Waals surface area (Å²) in [6.07, 6.45) is -2.52. The average Bonchev–Trinajstić information content (AvgIpc) is 3.19. The van der Waals surface area contributed by atoms with Crippen LogP contribution in [0.1, 0.15) is 22.3 Å². The molecule has 0 amide bonds. The lowest BCUT2D eigenvalue weighted by Crippen LogP contribution is -2.12. The van der Waals surface area contributed by atoms with E-state index in [0.717, 1.165) is 39.4 Å². The number of fused-ring (bicyclic) bond motifs is 3. The van der Waals surface area contributed by atoms with Crippen LogP contribution in [0.5, 0.6) is 0 Å². The summed E-state index contributed by atoms with van der Waals surface area (Å²) >= 11 is 0. The molecule has 0 N–H and O–H groups in total. The molecule has 1 heterocycles. The van der Waals surface area contributed by atoms with Gasteiger partial charge in [0.1, 0.15) is 0 Å². The minimum absolute atomic E-state index is 0.170. The summed E-state index contributed by atoms with van der Waals surface area (Å²) in [5.41, 5.74) is 2.17. The largest absolute Gasteiger partial charge is 0.416 e. The van der Waals surface area contributed by atoms with Crippen molar-refractivity contribution in [3.05, 3.63) is 113 Å². The fourth-order valence-corrected chi connectivity index (χ4v) is 5.62. The van der Waals surface area contributed by atoms with E-state index < -0.39 is 21.8 Å². The van der Waals surface area contributed by atoms with E-state index in [4.69, 9.17) is 0 Å². The number of aromatic nitrogens is 1. The molecule has 0 fully saturated rings. The van der Waals surface area contributed by atoms with E-state index in [0.29, 0.717) is 17.5 Å². The third kappa shape index (κ3) is 3.86. The van der Waals surface area contributed by atoms with Crippen molar-refractivity contribution in [1.82, 2.24) is 3.97 Å². The van der Waals surface area contributed by atoms with Gasteiger partial charge in [0.05, 0.1) is 16.0 Å². The Hall–Kier alpha value is -3.58. The van der Waals surface area contributed by atoms with Gasteiger partial charge in [0.2, 0.25) is 0 Å². The fourth-order valence-electron chi connectivity index (χ4n) is 4.21. The molecular weight excluding hydrogens is 459 g/mol. The number of nitrogens with zero attached hydrogens (tertiary/aromatic N) is 1. The predicted octanol–water partition coefficient (Wildman–Crippen LogP) is 6.95. The molecule has 0 aliphatic rings. The van der Waals surface area contributed by atoms with Crippen LogP contribution >= 0.6 is 0 Å². The summed E-state index contributed by atoms with van der Waals surface area (Å²) < 4.78 is 67.5. The Morgan fingerprint density at radius 1 is 0.794 bits per heavy atom. The van der Waals surface area contributed by atoms with Gasteiger partial charge in [0, 0.05) is 17.0 Å². The number of benzene rings is 4. The van der Waals surface area contributed by atoms with Crippen LogP contribution in [0.4, 0.5) is 13.2 Å². The van der Waals surface area contributed by atoms with E-state index in [9.17, 15) is 21.6 Å². The quantitative estimate of drug-likeness (QED) is 0.280. The van der Waals surface area contributed by atoms with Gasteiger partial charge in [-0.3, -0.25) is 0 Å². The molecule has 0 aliphatic carbocycles. The molecule has 0 unspecified atom stereocenters. The van der Waals surface area contributed by atoms with Gasteiger partial charge in [0.15, 0.2) is 0 Å². The van der Waals surface area contributed by atoms with E-state index in [-0.39, 0.29) is 4.90 Å². The molecule has 4 aromatic carbocycles. The Morgan fingerprint density at radius 2 is 1.47 bits per heavy atom. The summed E-state index contributed by atoms with van der Waals surface area (Å²) in [7, 11) is -3.90. The SMILES string of the molecule is Cc1ccc(S(=O)(=O)n2cc(Cc3ccc(C(F)(F)F)cc3)c3ccc4ccccc4c32)cc1. The van der Waals surface area contributed by atoms with E-state index in [1.165, 1.54) is 16.1 Å².